The summed E-state index contributed by atoms with van der Waals surface area (Å²) < 4.78 is 0. The fourth-order valence-corrected chi connectivity index (χ4v) is 5.14. The highest BCUT2D eigenvalue weighted by molar-refractivity contribution is 8.13. The van der Waals surface area contributed by atoms with Gasteiger partial charge in [-0.1, -0.05) is 54.2 Å². The maximum atomic E-state index is 12.4. The number of aromatic carboxylic acids is 1. The summed E-state index contributed by atoms with van der Waals surface area (Å²) >= 11 is 2.63. The van der Waals surface area contributed by atoms with Crippen molar-refractivity contribution in [3.8, 4) is 0 Å². The van der Waals surface area contributed by atoms with Crippen molar-refractivity contribution in [2.45, 2.75) is 37.8 Å². The summed E-state index contributed by atoms with van der Waals surface area (Å²) in [6.07, 6.45) is 6.13. The molecule has 7 heteroatoms. The van der Waals surface area contributed by atoms with Gasteiger partial charge in [0.25, 0.3) is 5.24 Å². The summed E-state index contributed by atoms with van der Waals surface area (Å²) in [5.74, 6) is -0.116. The van der Waals surface area contributed by atoms with Gasteiger partial charge in [0.2, 0.25) is 0 Å². The van der Waals surface area contributed by atoms with Gasteiger partial charge in [-0.05, 0) is 37.0 Å². The average molecular weight is 432 g/mol. The largest absolute Gasteiger partial charge is 0.477 e. The minimum Gasteiger partial charge on any atom is -0.477 e. The van der Waals surface area contributed by atoms with Gasteiger partial charge in [0, 0.05) is 23.6 Å². The Balaban J connectivity index is 1.53. The number of carbonyl (C=O) groups is 2. The molecule has 0 bridgehead atoms. The van der Waals surface area contributed by atoms with Gasteiger partial charge in [0.1, 0.15) is 4.88 Å². The van der Waals surface area contributed by atoms with Gasteiger partial charge in [-0.3, -0.25) is 4.79 Å². The maximum Gasteiger partial charge on any atom is 0.345 e. The molecule has 1 amide bonds. The van der Waals surface area contributed by atoms with Crippen LogP contribution in [0.3, 0.4) is 0 Å². The fraction of sp³-hybridized carbons (Fsp3) is 0.364. The zero-order chi connectivity index (χ0) is 20.6. The quantitative estimate of drug-likeness (QED) is 0.573. The molecule has 3 rings (SSSR count). The molecule has 0 spiro atoms. The zero-order valence-corrected chi connectivity index (χ0v) is 17.7. The first-order valence-corrected chi connectivity index (χ1v) is 11.5. The number of benzene rings is 1. The summed E-state index contributed by atoms with van der Waals surface area (Å²) in [5.41, 5.74) is 1.08. The number of thioether (sulfide) groups is 1. The number of thiophene rings is 1. The van der Waals surface area contributed by atoms with Gasteiger partial charge in [0.15, 0.2) is 0 Å². The lowest BCUT2D eigenvalue weighted by Gasteiger charge is -2.33. The van der Waals surface area contributed by atoms with E-state index >= 15 is 0 Å². The second-order valence-corrected chi connectivity index (χ2v) is 9.19. The molecule has 0 aliphatic carbocycles. The van der Waals surface area contributed by atoms with Crippen LogP contribution in [-0.4, -0.2) is 50.8 Å². The van der Waals surface area contributed by atoms with E-state index in [2.05, 4.69) is 0 Å². The van der Waals surface area contributed by atoms with Crippen LogP contribution < -0.4 is 0 Å². The topological polar surface area (TPSA) is 77.8 Å². The van der Waals surface area contributed by atoms with Gasteiger partial charge in [-0.15, -0.1) is 11.3 Å². The number of hydrogen-bond acceptors (Lipinski definition) is 5. The smallest absolute Gasteiger partial charge is 0.345 e. The highest BCUT2D eigenvalue weighted by Crippen LogP contribution is 2.25. The van der Waals surface area contributed by atoms with Gasteiger partial charge < -0.3 is 15.1 Å². The normalized spacial score (nSPS) is 18.3. The van der Waals surface area contributed by atoms with E-state index in [1.807, 2.05) is 47.4 Å². The third-order valence-electron chi connectivity index (χ3n) is 4.81. The predicted octanol–water partition coefficient (Wildman–Crippen LogP) is 4.47. The Morgan fingerprint density at radius 3 is 2.76 bits per heavy atom. The monoisotopic (exact) mass is 431 g/mol. The van der Waals surface area contributed by atoms with Crippen molar-refractivity contribution in [1.82, 2.24) is 4.90 Å². The number of aliphatic hydroxyl groups excluding tert-OH is 1. The van der Waals surface area contributed by atoms with Crippen molar-refractivity contribution in [2.24, 2.45) is 0 Å². The Bertz CT molecular complexity index is 850. The third-order valence-corrected chi connectivity index (χ3v) is 6.87. The molecule has 2 aromatic rings. The molecule has 1 aromatic carbocycles. The number of rotatable bonds is 9. The molecule has 29 heavy (non-hydrogen) atoms. The molecule has 2 atom stereocenters. The van der Waals surface area contributed by atoms with E-state index in [0.29, 0.717) is 17.8 Å². The Morgan fingerprint density at radius 2 is 2.03 bits per heavy atom. The molecule has 5 nitrogen and oxygen atoms in total. The van der Waals surface area contributed by atoms with E-state index < -0.39 is 12.1 Å². The standard InChI is InChI=1S/C22H25NO4S2/c24-18(15-16-5-2-1-3-6-16)9-8-17-12-14-28-22(27)23(17)13-4-7-19-10-11-20(29-19)21(25)26/h1-3,5-6,8-11,17-18,24H,4,7,12-15H2,(H,25,26)/t17-,18+/m0/s1. The SMILES string of the molecule is O=C(O)c1ccc(CCCN2C(=O)SCC[C@@H]2C=C[C@@H](O)Cc2ccccc2)s1. The number of hydrogen-bond donors (Lipinski definition) is 2. The van der Waals surface area contributed by atoms with Crippen LogP contribution in [0, 0.1) is 0 Å². The van der Waals surface area contributed by atoms with Crippen LogP contribution in [0.15, 0.2) is 54.6 Å². The summed E-state index contributed by atoms with van der Waals surface area (Å²) in [6.45, 7) is 0.621. The molecule has 1 saturated heterocycles. The summed E-state index contributed by atoms with van der Waals surface area (Å²) in [4.78, 5) is 26.6. The highest BCUT2D eigenvalue weighted by Gasteiger charge is 2.26. The van der Waals surface area contributed by atoms with Crippen molar-refractivity contribution in [3.05, 3.63) is 69.9 Å². The lowest BCUT2D eigenvalue weighted by Crippen LogP contribution is -2.41. The second kappa shape index (κ2) is 10.6. The first-order valence-electron chi connectivity index (χ1n) is 9.68. The molecule has 0 saturated carbocycles. The van der Waals surface area contributed by atoms with E-state index in [-0.39, 0.29) is 11.3 Å². The first kappa shape index (κ1) is 21.6. The Hall–Kier alpha value is -2.09. The molecule has 1 aliphatic heterocycles. The minimum absolute atomic E-state index is 0.00732. The minimum atomic E-state index is -0.900. The molecule has 1 aliphatic rings. The van der Waals surface area contributed by atoms with Crippen molar-refractivity contribution < 1.29 is 19.8 Å². The lowest BCUT2D eigenvalue weighted by atomic mass is 10.1. The molecular weight excluding hydrogens is 406 g/mol. The number of nitrogens with zero attached hydrogens (tertiary/aromatic N) is 1. The van der Waals surface area contributed by atoms with Crippen LogP contribution in [0.2, 0.25) is 0 Å². The molecule has 0 unspecified atom stereocenters. The molecule has 2 heterocycles. The number of carboxylic acids is 1. The lowest BCUT2D eigenvalue weighted by molar-refractivity contribution is 0.0702. The van der Waals surface area contributed by atoms with Gasteiger partial charge in [0.05, 0.1) is 12.1 Å². The van der Waals surface area contributed by atoms with Gasteiger partial charge >= 0.3 is 5.97 Å². The number of carboxylic acid groups (broad SMARTS) is 1. The van der Waals surface area contributed by atoms with E-state index in [9.17, 15) is 14.7 Å². The van der Waals surface area contributed by atoms with Crippen molar-refractivity contribution in [1.29, 1.82) is 0 Å². The fourth-order valence-electron chi connectivity index (χ4n) is 3.33. The molecule has 1 fully saturated rings. The van der Waals surface area contributed by atoms with E-state index in [1.54, 1.807) is 12.1 Å². The predicted molar refractivity (Wildman–Crippen MR) is 118 cm³/mol. The number of aliphatic hydroxyl groups is 1. The Kier molecular flexibility index (Phi) is 7.91. The van der Waals surface area contributed by atoms with E-state index in [1.165, 1.54) is 23.1 Å². The molecule has 0 radical (unpaired) electrons. The third kappa shape index (κ3) is 6.45. The van der Waals surface area contributed by atoms with Crippen LogP contribution in [0.4, 0.5) is 4.79 Å². The molecule has 154 valence electrons. The zero-order valence-electron chi connectivity index (χ0n) is 16.1. The number of aryl methyl sites for hydroxylation is 1. The molecular formula is C22H25NO4S2. The average Bonchev–Trinajstić information content (AvgIpc) is 3.18. The van der Waals surface area contributed by atoms with E-state index in [0.717, 1.165) is 35.5 Å². The second-order valence-electron chi connectivity index (χ2n) is 6.98. The summed E-state index contributed by atoms with van der Waals surface area (Å²) in [7, 11) is 0. The van der Waals surface area contributed by atoms with Gasteiger partial charge in [-0.2, -0.15) is 0 Å². The van der Waals surface area contributed by atoms with Crippen LogP contribution >= 0.6 is 23.1 Å². The van der Waals surface area contributed by atoms with Crippen LogP contribution in [0.1, 0.15) is 33.0 Å². The first-order chi connectivity index (χ1) is 14.0. The Labute approximate surface area is 179 Å². The molecule has 1 aromatic heterocycles. The van der Waals surface area contributed by atoms with Gasteiger partial charge in [-0.25, -0.2) is 4.79 Å². The van der Waals surface area contributed by atoms with Crippen molar-refractivity contribution >= 4 is 34.3 Å². The van der Waals surface area contributed by atoms with Crippen LogP contribution in [0.5, 0.6) is 0 Å². The van der Waals surface area contributed by atoms with Crippen molar-refractivity contribution in [2.75, 3.05) is 12.3 Å². The van der Waals surface area contributed by atoms with Crippen LogP contribution in [-0.2, 0) is 12.8 Å². The maximum absolute atomic E-state index is 12.4. The van der Waals surface area contributed by atoms with Crippen LogP contribution in [0.25, 0.3) is 0 Å². The number of amides is 1. The Morgan fingerprint density at radius 1 is 1.24 bits per heavy atom. The highest BCUT2D eigenvalue weighted by atomic mass is 32.2. The molecule has 2 N–H and O–H groups in total. The van der Waals surface area contributed by atoms with E-state index in [4.69, 9.17) is 5.11 Å². The summed E-state index contributed by atoms with van der Waals surface area (Å²) in [5, 5.41) is 19.4. The van der Waals surface area contributed by atoms with Crippen molar-refractivity contribution in [3.63, 3.8) is 0 Å². The summed E-state index contributed by atoms with van der Waals surface area (Å²) in [6, 6.07) is 13.3. The number of carbonyl (C=O) groups excluding carboxylic acids is 1.